The Labute approximate surface area is 194 Å². The average molecular weight is 526 g/mol. The van der Waals surface area contributed by atoms with E-state index in [1.165, 1.54) is 48.5 Å². The van der Waals surface area contributed by atoms with Crippen LogP contribution in [0.3, 0.4) is 0 Å². The van der Waals surface area contributed by atoms with E-state index in [1.807, 2.05) is 0 Å². The summed E-state index contributed by atoms with van der Waals surface area (Å²) in [5.41, 5.74) is -0.605. The summed E-state index contributed by atoms with van der Waals surface area (Å²) >= 11 is 24.9. The van der Waals surface area contributed by atoms with Gasteiger partial charge >= 0.3 is 0 Å². The predicted octanol–water partition coefficient (Wildman–Crippen LogP) is 4.56. The van der Waals surface area contributed by atoms with Crippen molar-refractivity contribution in [3.63, 3.8) is 0 Å². The molecule has 158 valence electrons. The molecular weight excluding hydrogens is 514 g/mol. The second kappa shape index (κ2) is 8.98. The molecule has 0 saturated heterocycles. The Kier molecular flexibility index (Phi) is 6.96. The first-order valence-electron chi connectivity index (χ1n) is 8.18. The van der Waals surface area contributed by atoms with Crippen LogP contribution in [-0.4, -0.2) is 39.0 Å². The van der Waals surface area contributed by atoms with Gasteiger partial charge in [0.1, 0.15) is 10.8 Å². The lowest BCUT2D eigenvalue weighted by atomic mass is 10.0. The zero-order valence-electron chi connectivity index (χ0n) is 14.8. The molecule has 3 rings (SSSR count). The SMILES string of the molecule is O=S(=O)(N=C1C(Cl)=C(Cl)C(=NS(=O)(=O)c2ccccc2)[C@H](Cl)[C@H]1Cl)c1ccccc1. The highest BCUT2D eigenvalue weighted by atomic mass is 35.5. The van der Waals surface area contributed by atoms with E-state index in [-0.39, 0.29) is 31.3 Å². The summed E-state index contributed by atoms with van der Waals surface area (Å²) in [5, 5.41) is -3.31. The molecule has 12 heteroatoms. The van der Waals surface area contributed by atoms with Crippen LogP contribution in [0.1, 0.15) is 0 Å². The number of nitrogens with zero attached hydrogens (tertiary/aromatic N) is 2. The fourth-order valence-electron chi connectivity index (χ4n) is 2.47. The summed E-state index contributed by atoms with van der Waals surface area (Å²) in [6.07, 6.45) is 0. The molecule has 0 N–H and O–H groups in total. The van der Waals surface area contributed by atoms with Crippen molar-refractivity contribution in [1.29, 1.82) is 0 Å². The number of hydrogen-bond acceptors (Lipinski definition) is 4. The summed E-state index contributed by atoms with van der Waals surface area (Å²) in [7, 11) is -8.32. The Bertz CT molecular complexity index is 1160. The van der Waals surface area contributed by atoms with E-state index in [2.05, 4.69) is 8.80 Å². The van der Waals surface area contributed by atoms with Gasteiger partial charge in [-0.15, -0.1) is 23.2 Å². The Hall–Kier alpha value is -1.42. The van der Waals surface area contributed by atoms with Gasteiger partial charge in [-0.3, -0.25) is 0 Å². The summed E-state index contributed by atoms with van der Waals surface area (Å²) in [5.74, 6) is 0. The lowest BCUT2D eigenvalue weighted by Crippen LogP contribution is -2.38. The summed E-state index contributed by atoms with van der Waals surface area (Å²) in [4.78, 5) is -0.168. The van der Waals surface area contributed by atoms with Crippen LogP contribution in [0.5, 0.6) is 0 Å². The number of benzene rings is 2. The first-order chi connectivity index (χ1) is 14.0. The minimum Gasteiger partial charge on any atom is -0.199 e. The minimum atomic E-state index is -4.16. The van der Waals surface area contributed by atoms with Crippen molar-refractivity contribution in [3.8, 4) is 0 Å². The van der Waals surface area contributed by atoms with Gasteiger partial charge < -0.3 is 0 Å². The van der Waals surface area contributed by atoms with Crippen molar-refractivity contribution in [2.75, 3.05) is 0 Å². The van der Waals surface area contributed by atoms with Gasteiger partial charge in [0.15, 0.2) is 0 Å². The maximum atomic E-state index is 12.6. The van der Waals surface area contributed by atoms with E-state index < -0.39 is 30.8 Å². The summed E-state index contributed by atoms with van der Waals surface area (Å²) < 4.78 is 57.6. The topological polar surface area (TPSA) is 93.0 Å². The van der Waals surface area contributed by atoms with Gasteiger partial charge in [0, 0.05) is 0 Å². The molecule has 0 amide bonds. The molecule has 1 aliphatic rings. The molecule has 0 spiro atoms. The number of halogens is 4. The van der Waals surface area contributed by atoms with E-state index in [1.54, 1.807) is 12.1 Å². The Morgan fingerprint density at radius 1 is 0.600 bits per heavy atom. The first kappa shape index (κ1) is 23.2. The molecule has 0 saturated carbocycles. The van der Waals surface area contributed by atoms with Crippen LogP contribution in [0, 0.1) is 0 Å². The summed E-state index contributed by atoms with van der Waals surface area (Å²) in [6.45, 7) is 0. The molecule has 0 bridgehead atoms. The highest BCUT2D eigenvalue weighted by Gasteiger charge is 2.39. The second-order valence-electron chi connectivity index (χ2n) is 5.96. The molecule has 6 nitrogen and oxygen atoms in total. The Morgan fingerprint density at radius 2 is 0.900 bits per heavy atom. The van der Waals surface area contributed by atoms with Crippen LogP contribution < -0.4 is 0 Å². The van der Waals surface area contributed by atoms with Crippen LogP contribution in [0.25, 0.3) is 0 Å². The maximum absolute atomic E-state index is 12.6. The molecule has 2 aromatic carbocycles. The van der Waals surface area contributed by atoms with Crippen LogP contribution >= 0.6 is 46.4 Å². The van der Waals surface area contributed by atoms with Gasteiger partial charge in [0.2, 0.25) is 0 Å². The van der Waals surface area contributed by atoms with Crippen molar-refractivity contribution in [2.45, 2.75) is 20.5 Å². The normalized spacial score (nSPS) is 23.2. The van der Waals surface area contributed by atoms with E-state index in [9.17, 15) is 16.8 Å². The van der Waals surface area contributed by atoms with E-state index in [0.717, 1.165) is 0 Å². The molecule has 0 aromatic heterocycles. The van der Waals surface area contributed by atoms with Gasteiger partial charge in [0.05, 0.1) is 31.3 Å². The molecule has 0 aliphatic heterocycles. The molecule has 0 fully saturated rings. The highest BCUT2D eigenvalue weighted by molar-refractivity contribution is 7.90. The van der Waals surface area contributed by atoms with Crippen molar-refractivity contribution in [1.82, 2.24) is 0 Å². The van der Waals surface area contributed by atoms with Gasteiger partial charge in [-0.1, -0.05) is 59.6 Å². The predicted molar refractivity (Wildman–Crippen MR) is 120 cm³/mol. The van der Waals surface area contributed by atoms with Crippen LogP contribution in [-0.2, 0) is 20.0 Å². The van der Waals surface area contributed by atoms with Gasteiger partial charge in [-0.05, 0) is 24.3 Å². The zero-order valence-corrected chi connectivity index (χ0v) is 19.4. The molecule has 1 aliphatic carbocycles. The minimum absolute atomic E-state index is 0.0841. The number of sulfonamides is 2. The number of alkyl halides is 2. The molecule has 30 heavy (non-hydrogen) atoms. The standard InChI is InChI=1S/C18H12Cl4N2O4S2/c19-13-15(21)18(24-30(27,28)12-9-5-2-6-10-12)16(22)14(20)17(13)23-29(25,26)11-7-3-1-4-8-11/h1-10,13,15H/t13-,15-/m1/s1. The average Bonchev–Trinajstić information content (AvgIpc) is 2.74. The van der Waals surface area contributed by atoms with Crippen molar-refractivity contribution in [3.05, 3.63) is 70.7 Å². The fraction of sp³-hybridized carbons (Fsp3) is 0.111. The number of hydrogen-bond donors (Lipinski definition) is 0. The van der Waals surface area contributed by atoms with Crippen LogP contribution in [0.4, 0.5) is 0 Å². The van der Waals surface area contributed by atoms with E-state index >= 15 is 0 Å². The highest BCUT2D eigenvalue weighted by Crippen LogP contribution is 2.35. The van der Waals surface area contributed by atoms with Gasteiger partial charge in [-0.2, -0.15) is 25.6 Å². The molecule has 0 radical (unpaired) electrons. The molecule has 0 heterocycles. The molecule has 2 aromatic rings. The fourth-order valence-corrected chi connectivity index (χ4v) is 6.01. The number of allylic oxidation sites excluding steroid dienone is 2. The van der Waals surface area contributed by atoms with Gasteiger partial charge in [0.25, 0.3) is 20.0 Å². The second-order valence-corrected chi connectivity index (χ2v) is 10.9. The zero-order chi connectivity index (χ0) is 22.1. The third-order valence-corrected chi connectivity index (χ3v) is 8.46. The Morgan fingerprint density at radius 3 is 1.20 bits per heavy atom. The van der Waals surface area contributed by atoms with Gasteiger partial charge in [-0.25, -0.2) is 0 Å². The third kappa shape index (κ3) is 4.74. The van der Waals surface area contributed by atoms with Crippen LogP contribution in [0.15, 0.2) is 89.3 Å². The van der Waals surface area contributed by atoms with Crippen molar-refractivity contribution >= 4 is 77.9 Å². The van der Waals surface area contributed by atoms with Crippen molar-refractivity contribution < 1.29 is 16.8 Å². The molecule has 0 unspecified atom stereocenters. The van der Waals surface area contributed by atoms with Crippen LogP contribution in [0.2, 0.25) is 0 Å². The van der Waals surface area contributed by atoms with E-state index in [0.29, 0.717) is 0 Å². The Balaban J connectivity index is 2.11. The summed E-state index contributed by atoms with van der Waals surface area (Å²) in [6, 6.07) is 14.8. The first-order valence-corrected chi connectivity index (χ1v) is 12.7. The smallest absolute Gasteiger partial charge is 0.199 e. The van der Waals surface area contributed by atoms with E-state index in [4.69, 9.17) is 46.4 Å². The maximum Gasteiger partial charge on any atom is 0.282 e. The quantitative estimate of drug-likeness (QED) is 0.546. The lowest BCUT2D eigenvalue weighted by Gasteiger charge is -2.25. The molecule has 2 atom stereocenters. The largest absolute Gasteiger partial charge is 0.282 e. The number of rotatable bonds is 4. The molecular formula is C18H12Cl4N2O4S2. The third-order valence-electron chi connectivity index (χ3n) is 3.94. The lowest BCUT2D eigenvalue weighted by molar-refractivity contribution is 0.596. The van der Waals surface area contributed by atoms with Crippen molar-refractivity contribution in [2.24, 2.45) is 8.80 Å². The monoisotopic (exact) mass is 524 g/mol.